The number of benzene rings is 2. The maximum atomic E-state index is 12.7. The number of aromatic hydroxyl groups is 1. The first-order valence-corrected chi connectivity index (χ1v) is 13.9. The number of nitrogens with two attached hydrogens (primary N) is 1. The van der Waals surface area contributed by atoms with E-state index >= 15 is 0 Å². The molecule has 0 aliphatic carbocycles. The summed E-state index contributed by atoms with van der Waals surface area (Å²) in [5.74, 6) is -1.35. The third-order valence-electron chi connectivity index (χ3n) is 5.76. The number of nitrogens with zero attached hydrogens (tertiary/aromatic N) is 1. The fourth-order valence-corrected chi connectivity index (χ4v) is 5.67. The van der Waals surface area contributed by atoms with Gasteiger partial charge in [-0.05, 0) is 61.4 Å². The molecule has 0 fully saturated rings. The summed E-state index contributed by atoms with van der Waals surface area (Å²) in [6.45, 7) is 3.47. The number of hydrogen-bond acceptors (Lipinski definition) is 7. The molecule has 2 aromatic heterocycles. The second-order valence-corrected chi connectivity index (χ2v) is 11.2. The van der Waals surface area contributed by atoms with Gasteiger partial charge in [-0.15, -0.1) is 22.7 Å². The summed E-state index contributed by atoms with van der Waals surface area (Å²) in [5.41, 5.74) is 10.5. The highest BCUT2D eigenvalue weighted by Crippen LogP contribution is 2.40. The van der Waals surface area contributed by atoms with Gasteiger partial charge in [-0.1, -0.05) is 41.4 Å². The summed E-state index contributed by atoms with van der Waals surface area (Å²) in [5, 5.41) is 20.2. The van der Waals surface area contributed by atoms with E-state index in [1.807, 2.05) is 6.92 Å². The maximum absolute atomic E-state index is 12.7. The van der Waals surface area contributed by atoms with E-state index < -0.39 is 11.8 Å². The standard InChI is InChI=1S/C27H22Cl2N4O4S2/c1-13(15-3-5-16(6-4-15)25(30)35)31-26(36)21-9-10-22(39-21)27(37)33-32-14(2)18-12-38-24(23(18)34)17-7-8-19(28)20(29)11-17/h3-13,34H,1-2H3,(H2,30,35)(H,31,36)(H,33,37). The summed E-state index contributed by atoms with van der Waals surface area (Å²) in [6, 6.07) is 14.5. The minimum absolute atomic E-state index is 0.0161. The molecule has 4 aromatic rings. The molecule has 0 bridgehead atoms. The molecule has 0 radical (unpaired) electrons. The topological polar surface area (TPSA) is 134 Å². The predicted molar refractivity (Wildman–Crippen MR) is 156 cm³/mol. The summed E-state index contributed by atoms with van der Waals surface area (Å²) in [4.78, 5) is 37.9. The van der Waals surface area contributed by atoms with E-state index in [4.69, 9.17) is 28.9 Å². The third-order valence-corrected chi connectivity index (χ3v) is 8.60. The van der Waals surface area contributed by atoms with Gasteiger partial charge in [-0.2, -0.15) is 5.10 Å². The number of carbonyl (C=O) groups is 3. The predicted octanol–water partition coefficient (Wildman–Crippen LogP) is 6.23. The van der Waals surface area contributed by atoms with Crippen molar-refractivity contribution in [2.24, 2.45) is 10.8 Å². The Labute approximate surface area is 242 Å². The van der Waals surface area contributed by atoms with E-state index in [1.54, 1.807) is 60.8 Å². The molecule has 12 heteroatoms. The average Bonchev–Trinajstić information content (AvgIpc) is 3.56. The molecule has 5 N–H and O–H groups in total. The number of halogens is 2. The lowest BCUT2D eigenvalue weighted by Crippen LogP contribution is -2.26. The van der Waals surface area contributed by atoms with Crippen molar-refractivity contribution in [2.45, 2.75) is 19.9 Å². The van der Waals surface area contributed by atoms with Crippen molar-refractivity contribution in [1.82, 2.24) is 10.7 Å². The van der Waals surface area contributed by atoms with E-state index in [2.05, 4.69) is 15.8 Å². The smallest absolute Gasteiger partial charge is 0.281 e. The normalized spacial score (nSPS) is 12.2. The molecule has 3 amide bonds. The second kappa shape index (κ2) is 12.0. The zero-order valence-electron chi connectivity index (χ0n) is 20.6. The van der Waals surface area contributed by atoms with Crippen LogP contribution in [0.2, 0.25) is 10.0 Å². The van der Waals surface area contributed by atoms with Crippen LogP contribution in [0.1, 0.15) is 60.7 Å². The van der Waals surface area contributed by atoms with E-state index in [0.29, 0.717) is 47.1 Å². The van der Waals surface area contributed by atoms with Gasteiger partial charge in [0.2, 0.25) is 5.91 Å². The molecule has 2 heterocycles. The molecular weight excluding hydrogens is 579 g/mol. The number of nitrogens with one attached hydrogen (secondary N) is 2. The summed E-state index contributed by atoms with van der Waals surface area (Å²) in [6.07, 6.45) is 0. The van der Waals surface area contributed by atoms with Crippen LogP contribution < -0.4 is 16.5 Å². The molecular formula is C27H22Cl2N4O4S2. The van der Waals surface area contributed by atoms with Crippen LogP contribution in [-0.4, -0.2) is 28.5 Å². The van der Waals surface area contributed by atoms with Gasteiger partial charge in [0.25, 0.3) is 11.8 Å². The first kappa shape index (κ1) is 28.3. The van der Waals surface area contributed by atoms with Crippen LogP contribution in [-0.2, 0) is 0 Å². The van der Waals surface area contributed by atoms with Crippen LogP contribution in [0, 0.1) is 0 Å². The van der Waals surface area contributed by atoms with E-state index in [-0.39, 0.29) is 17.7 Å². The van der Waals surface area contributed by atoms with Crippen molar-refractivity contribution < 1.29 is 19.5 Å². The third kappa shape index (κ3) is 6.48. The van der Waals surface area contributed by atoms with Gasteiger partial charge in [-0.25, -0.2) is 5.43 Å². The van der Waals surface area contributed by atoms with Crippen molar-refractivity contribution in [3.63, 3.8) is 0 Å². The number of carbonyl (C=O) groups excluding carboxylic acids is 3. The van der Waals surface area contributed by atoms with E-state index in [1.165, 1.54) is 17.4 Å². The summed E-state index contributed by atoms with van der Waals surface area (Å²) >= 11 is 14.4. The quantitative estimate of drug-likeness (QED) is 0.141. The lowest BCUT2D eigenvalue weighted by molar-refractivity contribution is 0.0940. The van der Waals surface area contributed by atoms with Crippen LogP contribution in [0.3, 0.4) is 0 Å². The van der Waals surface area contributed by atoms with Crippen LogP contribution in [0.15, 0.2) is 65.1 Å². The second-order valence-electron chi connectivity index (χ2n) is 8.44. The first-order chi connectivity index (χ1) is 18.5. The Balaban J connectivity index is 1.39. The van der Waals surface area contributed by atoms with Gasteiger partial charge in [0.1, 0.15) is 5.75 Å². The number of primary amides is 1. The van der Waals surface area contributed by atoms with Crippen molar-refractivity contribution in [2.75, 3.05) is 0 Å². The van der Waals surface area contributed by atoms with Crippen molar-refractivity contribution in [1.29, 1.82) is 0 Å². The Hall–Kier alpha value is -3.70. The summed E-state index contributed by atoms with van der Waals surface area (Å²) in [7, 11) is 0. The maximum Gasteiger partial charge on any atom is 0.281 e. The molecule has 1 atom stereocenters. The van der Waals surface area contributed by atoms with Crippen LogP contribution in [0.25, 0.3) is 10.4 Å². The molecule has 0 aliphatic heterocycles. The highest BCUT2D eigenvalue weighted by Gasteiger charge is 2.18. The van der Waals surface area contributed by atoms with Gasteiger partial charge < -0.3 is 16.2 Å². The molecule has 0 saturated carbocycles. The Morgan fingerprint density at radius 3 is 2.28 bits per heavy atom. The van der Waals surface area contributed by atoms with Crippen LogP contribution in [0.4, 0.5) is 0 Å². The highest BCUT2D eigenvalue weighted by atomic mass is 35.5. The minimum Gasteiger partial charge on any atom is -0.506 e. The minimum atomic E-state index is -0.526. The van der Waals surface area contributed by atoms with Crippen molar-refractivity contribution >= 4 is 69.3 Å². The zero-order valence-corrected chi connectivity index (χ0v) is 23.8. The largest absolute Gasteiger partial charge is 0.506 e. The fourth-order valence-electron chi connectivity index (χ4n) is 3.57. The number of hydrazone groups is 1. The molecule has 1 unspecified atom stereocenters. The van der Waals surface area contributed by atoms with E-state index in [9.17, 15) is 19.5 Å². The summed E-state index contributed by atoms with van der Waals surface area (Å²) < 4.78 is 0. The van der Waals surface area contributed by atoms with Gasteiger partial charge in [-0.3, -0.25) is 14.4 Å². The molecule has 8 nitrogen and oxygen atoms in total. The highest BCUT2D eigenvalue weighted by molar-refractivity contribution is 7.16. The lowest BCUT2D eigenvalue weighted by atomic mass is 10.1. The molecule has 0 saturated heterocycles. The molecule has 0 aliphatic rings. The van der Waals surface area contributed by atoms with Crippen molar-refractivity contribution in [3.05, 3.63) is 96.5 Å². The Bertz CT molecular complexity index is 1600. The van der Waals surface area contributed by atoms with Gasteiger partial charge >= 0.3 is 0 Å². The van der Waals surface area contributed by atoms with Gasteiger partial charge in [0.05, 0.1) is 42.0 Å². The van der Waals surface area contributed by atoms with E-state index in [0.717, 1.165) is 16.9 Å². The Morgan fingerprint density at radius 2 is 1.64 bits per heavy atom. The number of rotatable bonds is 8. The molecule has 200 valence electrons. The SMILES string of the molecule is CC(=NNC(=O)c1ccc(C(=O)NC(C)c2ccc(C(N)=O)cc2)s1)c1csc(-c2ccc(Cl)c(Cl)c2)c1O. The molecule has 39 heavy (non-hydrogen) atoms. The number of amides is 3. The van der Waals surface area contributed by atoms with Gasteiger partial charge in [0.15, 0.2) is 0 Å². The lowest BCUT2D eigenvalue weighted by Gasteiger charge is -2.14. The van der Waals surface area contributed by atoms with Gasteiger partial charge in [0, 0.05) is 10.9 Å². The fraction of sp³-hybridized carbons (Fsp3) is 0.111. The number of thiophene rings is 2. The molecule has 4 rings (SSSR count). The number of hydrogen-bond donors (Lipinski definition) is 4. The average molecular weight is 602 g/mol. The monoisotopic (exact) mass is 600 g/mol. The molecule has 0 spiro atoms. The van der Waals surface area contributed by atoms with Crippen LogP contribution >= 0.6 is 45.9 Å². The first-order valence-electron chi connectivity index (χ1n) is 11.5. The Kier molecular flexibility index (Phi) is 8.71. The molecule has 2 aromatic carbocycles. The van der Waals surface area contributed by atoms with Crippen LogP contribution in [0.5, 0.6) is 5.75 Å². The van der Waals surface area contributed by atoms with Crippen molar-refractivity contribution in [3.8, 4) is 16.2 Å². The zero-order chi connectivity index (χ0) is 28.3. The Morgan fingerprint density at radius 1 is 0.974 bits per heavy atom.